The molecule has 0 atom stereocenters. The van der Waals surface area contributed by atoms with E-state index in [1.54, 1.807) is 29.2 Å². The Morgan fingerprint density at radius 1 is 0.943 bits per heavy atom. The van der Waals surface area contributed by atoms with Gasteiger partial charge in [0.2, 0.25) is 5.88 Å². The van der Waals surface area contributed by atoms with Gasteiger partial charge in [0.25, 0.3) is 5.88 Å². The van der Waals surface area contributed by atoms with Crippen LogP contribution >= 0.6 is 0 Å². The van der Waals surface area contributed by atoms with Gasteiger partial charge in [0, 0.05) is 37.9 Å². The van der Waals surface area contributed by atoms with Crippen molar-refractivity contribution in [3.05, 3.63) is 71.8 Å². The molecule has 0 radical (unpaired) electrons. The van der Waals surface area contributed by atoms with E-state index in [9.17, 15) is 31.8 Å². The molecule has 1 aliphatic rings. The van der Waals surface area contributed by atoms with Gasteiger partial charge < -0.3 is 20.0 Å². The lowest BCUT2D eigenvalue weighted by Crippen LogP contribution is -2.50. The van der Waals surface area contributed by atoms with E-state index in [1.165, 1.54) is 12.1 Å². The third kappa shape index (κ3) is 5.57. The highest BCUT2D eigenvalue weighted by molar-refractivity contribution is 7.90. The van der Waals surface area contributed by atoms with Gasteiger partial charge in [-0.1, -0.05) is 30.3 Å². The second-order valence-corrected chi connectivity index (χ2v) is 9.50. The fraction of sp³-hybridized carbons (Fsp3) is 0.273. The predicted octanol–water partition coefficient (Wildman–Crippen LogP) is 3.03. The van der Waals surface area contributed by atoms with E-state index in [4.69, 9.17) is 4.84 Å². The zero-order valence-electron chi connectivity index (χ0n) is 18.3. The molecular formula is C22H23F3N4O5S. The predicted molar refractivity (Wildman–Crippen MR) is 122 cm³/mol. The second kappa shape index (κ2) is 9.58. The van der Waals surface area contributed by atoms with Crippen LogP contribution in [0.15, 0.2) is 60.7 Å². The maximum Gasteiger partial charge on any atom is 0.416 e. The summed E-state index contributed by atoms with van der Waals surface area (Å²) in [6.45, 7) is 0.660. The highest BCUT2D eigenvalue weighted by Gasteiger charge is 2.32. The standard InChI is InChI=1S/C22H23F3N4O5S/c23-22(24,25)17-6-8-18(9-7-17)27-10-12-28(13-11-27)35(32,33)26-19-14-20(30)29(21(19)31)34-15-16-4-2-1-3-5-16/h1-9,14,26,30-31H,10-13,15H2. The smallest absolute Gasteiger partial charge is 0.416 e. The third-order valence-electron chi connectivity index (χ3n) is 5.50. The zero-order chi connectivity index (χ0) is 25.2. The van der Waals surface area contributed by atoms with E-state index >= 15 is 0 Å². The Hall–Kier alpha value is -3.58. The summed E-state index contributed by atoms with van der Waals surface area (Å²) in [4.78, 5) is 7.16. The Bertz CT molecular complexity index is 1260. The molecule has 9 nitrogen and oxygen atoms in total. The number of alkyl halides is 3. The largest absolute Gasteiger partial charge is 0.492 e. The first-order chi connectivity index (χ1) is 16.5. The number of piperazine rings is 1. The van der Waals surface area contributed by atoms with E-state index in [1.807, 2.05) is 6.07 Å². The highest BCUT2D eigenvalue weighted by atomic mass is 32.2. The van der Waals surface area contributed by atoms with Crippen LogP contribution < -0.4 is 14.5 Å². The molecular weight excluding hydrogens is 489 g/mol. The lowest BCUT2D eigenvalue weighted by molar-refractivity contribution is -0.137. The number of benzene rings is 2. The molecule has 0 aliphatic carbocycles. The number of hydrogen-bond acceptors (Lipinski definition) is 6. The Kier molecular flexibility index (Phi) is 6.72. The molecule has 1 aromatic heterocycles. The van der Waals surface area contributed by atoms with Gasteiger partial charge in [0.15, 0.2) is 0 Å². The van der Waals surface area contributed by atoms with Crippen LogP contribution in [0.2, 0.25) is 0 Å². The highest BCUT2D eigenvalue weighted by Crippen LogP contribution is 2.33. The van der Waals surface area contributed by atoms with E-state index < -0.39 is 33.7 Å². The first-order valence-corrected chi connectivity index (χ1v) is 12.0. The molecule has 0 saturated carbocycles. The molecule has 0 amide bonds. The zero-order valence-corrected chi connectivity index (χ0v) is 19.1. The van der Waals surface area contributed by atoms with E-state index in [0.29, 0.717) is 10.4 Å². The summed E-state index contributed by atoms with van der Waals surface area (Å²) in [5.41, 5.74) is 0.307. The molecule has 13 heteroatoms. The van der Waals surface area contributed by atoms with Crippen LogP contribution in [0.3, 0.4) is 0 Å². The number of aromatic hydroxyl groups is 2. The van der Waals surface area contributed by atoms with Crippen molar-refractivity contribution in [1.82, 2.24) is 9.04 Å². The Labute approximate surface area is 199 Å². The van der Waals surface area contributed by atoms with Crippen molar-refractivity contribution in [3.63, 3.8) is 0 Å². The molecule has 1 saturated heterocycles. The normalized spacial score (nSPS) is 15.2. The Morgan fingerprint density at radius 2 is 1.57 bits per heavy atom. The van der Waals surface area contributed by atoms with Gasteiger partial charge in [-0.3, -0.25) is 4.72 Å². The lowest BCUT2D eigenvalue weighted by atomic mass is 10.2. The Balaban J connectivity index is 1.38. The first-order valence-electron chi connectivity index (χ1n) is 10.6. The first kappa shape index (κ1) is 24.5. The second-order valence-electron chi connectivity index (χ2n) is 7.83. The summed E-state index contributed by atoms with van der Waals surface area (Å²) < 4.78 is 68.1. The van der Waals surface area contributed by atoms with Crippen LogP contribution in [0.5, 0.6) is 11.8 Å². The minimum absolute atomic E-state index is 0.0226. The molecule has 2 heterocycles. The van der Waals surface area contributed by atoms with Gasteiger partial charge in [0.1, 0.15) is 12.3 Å². The average Bonchev–Trinajstić information content (AvgIpc) is 3.09. The van der Waals surface area contributed by atoms with E-state index in [0.717, 1.165) is 28.1 Å². The number of hydrogen-bond donors (Lipinski definition) is 3. The summed E-state index contributed by atoms with van der Waals surface area (Å²) in [6, 6.07) is 14.7. The third-order valence-corrected chi connectivity index (χ3v) is 7.02. The van der Waals surface area contributed by atoms with Crippen molar-refractivity contribution in [2.45, 2.75) is 12.8 Å². The van der Waals surface area contributed by atoms with Crippen molar-refractivity contribution in [2.75, 3.05) is 35.8 Å². The Morgan fingerprint density at radius 3 is 2.17 bits per heavy atom. The van der Waals surface area contributed by atoms with Crippen molar-refractivity contribution in [1.29, 1.82) is 0 Å². The van der Waals surface area contributed by atoms with Gasteiger partial charge >= 0.3 is 16.4 Å². The molecule has 2 aromatic carbocycles. The molecule has 3 aromatic rings. The monoisotopic (exact) mass is 512 g/mol. The van der Waals surface area contributed by atoms with Crippen molar-refractivity contribution in [2.24, 2.45) is 0 Å². The summed E-state index contributed by atoms with van der Waals surface area (Å²) >= 11 is 0. The van der Waals surface area contributed by atoms with Gasteiger partial charge in [-0.15, -0.1) is 4.73 Å². The van der Waals surface area contributed by atoms with Crippen LogP contribution in [0.1, 0.15) is 11.1 Å². The van der Waals surface area contributed by atoms with Gasteiger partial charge in [-0.05, 0) is 29.8 Å². The molecule has 0 spiro atoms. The topological polar surface area (TPSA) is 107 Å². The van der Waals surface area contributed by atoms with Crippen molar-refractivity contribution < 1.29 is 36.6 Å². The number of anilines is 2. The molecule has 0 bridgehead atoms. The van der Waals surface area contributed by atoms with Crippen LogP contribution in [-0.4, -0.2) is 53.8 Å². The maximum atomic E-state index is 12.8. The SMILES string of the molecule is O=S(=O)(Nc1cc(O)n(OCc2ccccc2)c1O)N1CCN(c2ccc(C(F)(F)F)cc2)CC1. The van der Waals surface area contributed by atoms with Crippen molar-refractivity contribution in [3.8, 4) is 11.8 Å². The minimum Gasteiger partial charge on any atom is -0.492 e. The van der Waals surface area contributed by atoms with Crippen LogP contribution in [0.25, 0.3) is 0 Å². The molecule has 4 rings (SSSR count). The van der Waals surface area contributed by atoms with Crippen LogP contribution in [0, 0.1) is 0 Å². The fourth-order valence-electron chi connectivity index (χ4n) is 3.64. The molecule has 188 valence electrons. The fourth-order valence-corrected chi connectivity index (χ4v) is 4.84. The summed E-state index contributed by atoms with van der Waals surface area (Å²) in [5.74, 6) is -1.12. The van der Waals surface area contributed by atoms with Crippen molar-refractivity contribution >= 4 is 21.6 Å². The molecule has 0 unspecified atom stereocenters. The summed E-state index contributed by atoms with van der Waals surface area (Å²) in [6.07, 6.45) is -4.43. The van der Waals surface area contributed by atoms with E-state index in [-0.39, 0.29) is 38.5 Å². The summed E-state index contributed by atoms with van der Waals surface area (Å²) in [5, 5.41) is 20.4. The average molecular weight is 513 g/mol. The van der Waals surface area contributed by atoms with Crippen LogP contribution in [0.4, 0.5) is 24.5 Å². The van der Waals surface area contributed by atoms with Gasteiger partial charge in [-0.25, -0.2) is 0 Å². The number of nitrogens with zero attached hydrogens (tertiary/aromatic N) is 3. The van der Waals surface area contributed by atoms with Gasteiger partial charge in [0.05, 0.1) is 5.56 Å². The van der Waals surface area contributed by atoms with E-state index in [2.05, 4.69) is 4.72 Å². The van der Waals surface area contributed by atoms with Gasteiger partial charge in [-0.2, -0.15) is 25.9 Å². The minimum atomic E-state index is -4.43. The molecule has 3 N–H and O–H groups in total. The molecule has 1 aliphatic heterocycles. The molecule has 1 fully saturated rings. The quantitative estimate of drug-likeness (QED) is 0.449. The maximum absolute atomic E-state index is 12.8. The number of aromatic nitrogens is 1. The number of halogens is 3. The van der Waals surface area contributed by atoms with Crippen LogP contribution in [-0.2, 0) is 23.0 Å². The summed E-state index contributed by atoms with van der Waals surface area (Å²) in [7, 11) is -4.09. The number of rotatable bonds is 7. The molecule has 35 heavy (non-hydrogen) atoms. The lowest BCUT2D eigenvalue weighted by Gasteiger charge is -2.35. The number of nitrogens with one attached hydrogen (secondary N) is 1.